The fourth-order valence-corrected chi connectivity index (χ4v) is 4.55. The summed E-state index contributed by atoms with van der Waals surface area (Å²) in [5.41, 5.74) is 6.75. The highest BCUT2D eigenvalue weighted by Crippen LogP contribution is 2.39. The van der Waals surface area contributed by atoms with Crippen molar-refractivity contribution in [3.05, 3.63) is 28.1 Å². The van der Waals surface area contributed by atoms with Gasteiger partial charge in [0.25, 0.3) is 5.91 Å². The molecule has 3 nitrogen and oxygen atoms in total. The van der Waals surface area contributed by atoms with Gasteiger partial charge in [-0.25, -0.2) is 0 Å². The number of carbonyl (C=O) groups is 1. The molecule has 1 aliphatic rings. The van der Waals surface area contributed by atoms with Crippen LogP contribution in [-0.2, 0) is 0 Å². The van der Waals surface area contributed by atoms with Gasteiger partial charge in [0.05, 0.1) is 10.7 Å². The number of nitrogens with two attached hydrogens (primary N) is 1. The standard InChI is InChI=1S/C16H19ClN2OS/c1-2-10-6-3-4-9-19(10)16(20)15-14(18)13-11(17)7-5-8-12(13)21-15/h5,7-8,10H,2-4,6,9,18H2,1H3. The monoisotopic (exact) mass is 322 g/mol. The summed E-state index contributed by atoms with van der Waals surface area (Å²) in [4.78, 5) is 15.5. The van der Waals surface area contributed by atoms with Gasteiger partial charge in [0.15, 0.2) is 0 Å². The summed E-state index contributed by atoms with van der Waals surface area (Å²) in [5.74, 6) is 0.0660. The molecular formula is C16H19ClN2OS. The van der Waals surface area contributed by atoms with Gasteiger partial charge in [-0.1, -0.05) is 24.6 Å². The third-order valence-corrected chi connectivity index (χ3v) is 5.73. The number of nitrogens with zero attached hydrogens (tertiary/aromatic N) is 1. The molecule has 1 amide bonds. The summed E-state index contributed by atoms with van der Waals surface area (Å²) < 4.78 is 0.980. The molecule has 1 aromatic heterocycles. The van der Waals surface area contributed by atoms with Gasteiger partial charge < -0.3 is 10.6 Å². The van der Waals surface area contributed by atoms with Crippen molar-refractivity contribution >= 4 is 44.6 Å². The van der Waals surface area contributed by atoms with Crippen molar-refractivity contribution in [2.75, 3.05) is 12.3 Å². The van der Waals surface area contributed by atoms with Gasteiger partial charge in [-0.15, -0.1) is 11.3 Å². The summed E-state index contributed by atoms with van der Waals surface area (Å²) >= 11 is 7.68. The molecule has 0 spiro atoms. The van der Waals surface area contributed by atoms with E-state index in [1.54, 1.807) is 0 Å². The highest BCUT2D eigenvalue weighted by atomic mass is 35.5. The Balaban J connectivity index is 2.01. The Bertz CT molecular complexity index is 682. The summed E-state index contributed by atoms with van der Waals surface area (Å²) in [5, 5.41) is 1.43. The van der Waals surface area contributed by atoms with E-state index in [-0.39, 0.29) is 5.91 Å². The highest BCUT2D eigenvalue weighted by Gasteiger charge is 2.29. The minimum atomic E-state index is 0.0660. The van der Waals surface area contributed by atoms with Gasteiger partial charge in [-0.3, -0.25) is 4.79 Å². The van der Waals surface area contributed by atoms with Gasteiger partial charge in [0, 0.05) is 22.7 Å². The molecule has 1 fully saturated rings. The molecule has 1 atom stereocenters. The van der Waals surface area contributed by atoms with Crippen molar-refractivity contribution in [3.63, 3.8) is 0 Å². The van der Waals surface area contributed by atoms with Crippen LogP contribution in [0.2, 0.25) is 5.02 Å². The van der Waals surface area contributed by atoms with Crippen LogP contribution in [0.25, 0.3) is 10.1 Å². The minimum Gasteiger partial charge on any atom is -0.397 e. The Morgan fingerprint density at radius 3 is 3.00 bits per heavy atom. The van der Waals surface area contributed by atoms with E-state index >= 15 is 0 Å². The van der Waals surface area contributed by atoms with Crippen molar-refractivity contribution in [3.8, 4) is 0 Å². The second-order valence-electron chi connectivity index (χ2n) is 5.51. The zero-order valence-corrected chi connectivity index (χ0v) is 13.6. The van der Waals surface area contributed by atoms with Gasteiger partial charge in [-0.05, 0) is 37.8 Å². The third-order valence-electron chi connectivity index (χ3n) is 4.25. The van der Waals surface area contributed by atoms with Gasteiger partial charge >= 0.3 is 0 Å². The lowest BCUT2D eigenvalue weighted by molar-refractivity contribution is 0.0614. The van der Waals surface area contributed by atoms with Gasteiger partial charge in [0.1, 0.15) is 4.88 Å². The first kappa shape index (κ1) is 14.7. The molecule has 1 aliphatic heterocycles. The van der Waals surface area contributed by atoms with Gasteiger partial charge in [-0.2, -0.15) is 0 Å². The lowest BCUT2D eigenvalue weighted by Gasteiger charge is -2.35. The number of halogens is 1. The molecule has 5 heteroatoms. The molecule has 21 heavy (non-hydrogen) atoms. The summed E-state index contributed by atoms with van der Waals surface area (Å²) in [6, 6.07) is 6.01. The summed E-state index contributed by atoms with van der Waals surface area (Å²) in [6.07, 6.45) is 4.37. The van der Waals surface area contributed by atoms with E-state index < -0.39 is 0 Å². The first-order valence-electron chi connectivity index (χ1n) is 7.41. The number of nitrogen functional groups attached to an aromatic ring is 1. The van der Waals surface area contributed by atoms with Crippen LogP contribution in [0.3, 0.4) is 0 Å². The lowest BCUT2D eigenvalue weighted by Crippen LogP contribution is -2.43. The summed E-state index contributed by atoms with van der Waals surface area (Å²) in [7, 11) is 0. The van der Waals surface area contributed by atoms with Crippen LogP contribution in [0.5, 0.6) is 0 Å². The Kier molecular flexibility index (Phi) is 4.09. The Hall–Kier alpha value is -1.26. The molecule has 3 rings (SSSR count). The first-order valence-corrected chi connectivity index (χ1v) is 8.60. The number of rotatable bonds is 2. The van der Waals surface area contributed by atoms with E-state index in [1.807, 2.05) is 23.1 Å². The normalized spacial score (nSPS) is 19.1. The van der Waals surface area contributed by atoms with E-state index in [0.717, 1.165) is 35.9 Å². The zero-order chi connectivity index (χ0) is 15.0. The number of benzene rings is 1. The number of likely N-dealkylation sites (tertiary alicyclic amines) is 1. The molecular weight excluding hydrogens is 304 g/mol. The maximum Gasteiger partial charge on any atom is 0.266 e. The van der Waals surface area contributed by atoms with Crippen molar-refractivity contribution < 1.29 is 4.79 Å². The van der Waals surface area contributed by atoms with Gasteiger partial charge in [0.2, 0.25) is 0 Å². The van der Waals surface area contributed by atoms with E-state index in [9.17, 15) is 4.79 Å². The van der Waals surface area contributed by atoms with E-state index in [1.165, 1.54) is 17.8 Å². The molecule has 2 aromatic rings. The quantitative estimate of drug-likeness (QED) is 0.882. The first-order chi connectivity index (χ1) is 10.1. The van der Waals surface area contributed by atoms with Crippen LogP contribution in [0.15, 0.2) is 18.2 Å². The van der Waals surface area contributed by atoms with Crippen molar-refractivity contribution in [2.24, 2.45) is 0 Å². The maximum absolute atomic E-state index is 12.9. The average Bonchev–Trinajstić information content (AvgIpc) is 2.85. The Labute approximate surface area is 133 Å². The molecule has 112 valence electrons. The SMILES string of the molecule is CCC1CCCCN1C(=O)c1sc2cccc(Cl)c2c1N. The van der Waals surface area contributed by atoms with E-state index in [0.29, 0.717) is 21.6 Å². The van der Waals surface area contributed by atoms with Crippen LogP contribution in [0, 0.1) is 0 Å². The molecule has 1 aromatic carbocycles. The summed E-state index contributed by atoms with van der Waals surface area (Å²) in [6.45, 7) is 2.97. The third kappa shape index (κ3) is 2.51. The largest absolute Gasteiger partial charge is 0.397 e. The number of piperidine rings is 1. The number of hydrogen-bond donors (Lipinski definition) is 1. The number of hydrogen-bond acceptors (Lipinski definition) is 3. The smallest absolute Gasteiger partial charge is 0.266 e. The molecule has 2 N–H and O–H groups in total. The molecule has 2 heterocycles. The van der Waals surface area contributed by atoms with Crippen LogP contribution in [-0.4, -0.2) is 23.4 Å². The molecule has 1 unspecified atom stereocenters. The van der Waals surface area contributed by atoms with Crippen molar-refractivity contribution in [1.29, 1.82) is 0 Å². The second-order valence-corrected chi connectivity index (χ2v) is 6.97. The Morgan fingerprint density at radius 2 is 2.29 bits per heavy atom. The average molecular weight is 323 g/mol. The number of amides is 1. The van der Waals surface area contributed by atoms with E-state index in [4.69, 9.17) is 17.3 Å². The van der Waals surface area contributed by atoms with Crippen LogP contribution in [0.1, 0.15) is 42.3 Å². The molecule has 0 radical (unpaired) electrons. The number of fused-ring (bicyclic) bond motifs is 1. The number of thiophene rings is 1. The fraction of sp³-hybridized carbons (Fsp3) is 0.438. The molecule has 1 saturated heterocycles. The predicted molar refractivity (Wildman–Crippen MR) is 90.2 cm³/mol. The number of anilines is 1. The zero-order valence-electron chi connectivity index (χ0n) is 12.1. The van der Waals surface area contributed by atoms with Crippen LogP contribution in [0.4, 0.5) is 5.69 Å². The maximum atomic E-state index is 12.9. The van der Waals surface area contributed by atoms with E-state index in [2.05, 4.69) is 6.92 Å². The number of carbonyl (C=O) groups excluding carboxylic acids is 1. The van der Waals surface area contributed by atoms with Crippen molar-refractivity contribution in [2.45, 2.75) is 38.6 Å². The van der Waals surface area contributed by atoms with Crippen LogP contribution >= 0.6 is 22.9 Å². The Morgan fingerprint density at radius 1 is 1.48 bits per heavy atom. The topological polar surface area (TPSA) is 46.3 Å². The van der Waals surface area contributed by atoms with Crippen molar-refractivity contribution in [1.82, 2.24) is 4.90 Å². The minimum absolute atomic E-state index is 0.0660. The predicted octanol–water partition coefficient (Wildman–Crippen LogP) is 4.54. The molecule has 0 bridgehead atoms. The lowest BCUT2D eigenvalue weighted by atomic mass is 9.99. The van der Waals surface area contributed by atoms with Crippen LogP contribution < -0.4 is 5.73 Å². The second kappa shape index (κ2) is 5.85. The molecule has 0 aliphatic carbocycles. The highest BCUT2D eigenvalue weighted by molar-refractivity contribution is 7.21. The fourth-order valence-electron chi connectivity index (χ4n) is 3.11. The molecule has 0 saturated carbocycles.